The Kier molecular flexibility index (Phi) is 10.8. The van der Waals surface area contributed by atoms with Gasteiger partial charge in [-0.05, 0) is 69.2 Å². The lowest BCUT2D eigenvalue weighted by Crippen LogP contribution is -2.42. The lowest BCUT2D eigenvalue weighted by molar-refractivity contribution is -0.137. The van der Waals surface area contributed by atoms with E-state index in [-0.39, 0.29) is 18.4 Å². The van der Waals surface area contributed by atoms with Crippen LogP contribution in [-0.2, 0) is 16.0 Å². The average molecular weight is 471 g/mol. The second-order valence-corrected chi connectivity index (χ2v) is 10.4. The molecule has 3 N–H and O–H groups in total. The number of aryl methyl sites for hydroxylation is 1. The van der Waals surface area contributed by atoms with E-state index in [1.807, 2.05) is 24.0 Å². The van der Waals surface area contributed by atoms with Crippen molar-refractivity contribution in [3.63, 3.8) is 0 Å². The zero-order valence-corrected chi connectivity index (χ0v) is 21.0. The maximum atomic E-state index is 12.2. The van der Waals surface area contributed by atoms with Crippen molar-refractivity contribution in [3.05, 3.63) is 29.3 Å². The molecule has 0 saturated heterocycles. The molecule has 0 aliphatic carbocycles. The molecule has 0 saturated carbocycles. The number of carboxylic acid groups (broad SMARTS) is 1. The first-order valence-electron chi connectivity index (χ1n) is 11.0. The maximum absolute atomic E-state index is 12.2. The van der Waals surface area contributed by atoms with Crippen molar-refractivity contribution >= 4 is 29.4 Å². The van der Waals surface area contributed by atoms with E-state index in [1.165, 1.54) is 0 Å². The summed E-state index contributed by atoms with van der Waals surface area (Å²) < 4.78 is 5.31. The van der Waals surface area contributed by atoms with Crippen molar-refractivity contribution in [2.24, 2.45) is 5.41 Å². The molecule has 0 heterocycles. The summed E-state index contributed by atoms with van der Waals surface area (Å²) in [7, 11) is 0. The fourth-order valence-corrected chi connectivity index (χ4v) is 3.96. The molecule has 0 fully saturated rings. The highest BCUT2D eigenvalue weighted by Crippen LogP contribution is 2.31. The summed E-state index contributed by atoms with van der Waals surface area (Å²) in [6.07, 6.45) is 0.386. The molecule has 1 aromatic rings. The van der Waals surface area contributed by atoms with Crippen LogP contribution < -0.4 is 10.2 Å². The average Bonchev–Trinajstić information content (AvgIpc) is 2.60. The number of benzene rings is 1. The number of alkyl carbamates (subject to hydrolysis) is 1. The molecule has 1 rings (SSSR count). The third-order valence-electron chi connectivity index (χ3n) is 5.03. The van der Waals surface area contributed by atoms with Gasteiger partial charge in [-0.2, -0.15) is 0 Å². The predicted molar refractivity (Wildman–Crippen MR) is 129 cm³/mol. The van der Waals surface area contributed by atoms with Crippen LogP contribution in [0.1, 0.15) is 58.6 Å². The van der Waals surface area contributed by atoms with Gasteiger partial charge in [0.25, 0.3) is 0 Å². The lowest BCUT2D eigenvalue weighted by atomic mass is 9.78. The van der Waals surface area contributed by atoms with Crippen LogP contribution in [0.25, 0.3) is 0 Å². The van der Waals surface area contributed by atoms with Crippen molar-refractivity contribution in [2.45, 2.75) is 72.4 Å². The first-order chi connectivity index (χ1) is 14.8. The van der Waals surface area contributed by atoms with E-state index in [2.05, 4.69) is 25.2 Å². The Bertz CT molecular complexity index is 755. The third-order valence-corrected chi connectivity index (χ3v) is 5.20. The number of aliphatic carboxylic acids is 1. The van der Waals surface area contributed by atoms with E-state index in [4.69, 9.17) is 16.3 Å². The molecular weight excluding hydrogens is 432 g/mol. The number of carbonyl (C=O) groups is 2. The summed E-state index contributed by atoms with van der Waals surface area (Å²) in [6, 6.07) is 5.62. The topological polar surface area (TPSA) is 99.1 Å². The fourth-order valence-electron chi connectivity index (χ4n) is 3.75. The summed E-state index contributed by atoms with van der Waals surface area (Å²) in [5.74, 6) is -0.511. The quantitative estimate of drug-likeness (QED) is 0.392. The molecule has 32 heavy (non-hydrogen) atoms. The van der Waals surface area contributed by atoms with Crippen molar-refractivity contribution in [1.29, 1.82) is 0 Å². The van der Waals surface area contributed by atoms with Gasteiger partial charge in [-0.25, -0.2) is 4.79 Å². The van der Waals surface area contributed by atoms with Gasteiger partial charge in [0.2, 0.25) is 0 Å². The SMILES string of the molecule is Cc1ccc(N(CCO)CCCl)cc1CC(C)(C)C[C@@H](CC(=O)O)NC(=O)OC(C)(C)C. The number of hydrogen-bond acceptors (Lipinski definition) is 5. The number of nitrogens with zero attached hydrogens (tertiary/aromatic N) is 1. The Morgan fingerprint density at radius 2 is 1.84 bits per heavy atom. The highest BCUT2D eigenvalue weighted by molar-refractivity contribution is 6.18. The Labute approximate surface area is 197 Å². The number of amides is 1. The smallest absolute Gasteiger partial charge is 0.407 e. The Morgan fingerprint density at radius 3 is 2.38 bits per heavy atom. The molecule has 1 atom stereocenters. The molecule has 0 radical (unpaired) electrons. The van der Waals surface area contributed by atoms with E-state index in [9.17, 15) is 19.8 Å². The zero-order chi connectivity index (χ0) is 24.5. The number of hydrogen-bond donors (Lipinski definition) is 3. The highest BCUT2D eigenvalue weighted by atomic mass is 35.5. The number of ether oxygens (including phenoxy) is 1. The molecule has 0 aliphatic heterocycles. The van der Waals surface area contributed by atoms with E-state index in [0.29, 0.717) is 31.8 Å². The molecule has 7 nitrogen and oxygen atoms in total. The molecule has 0 spiro atoms. The molecule has 0 bridgehead atoms. The van der Waals surface area contributed by atoms with E-state index in [1.54, 1.807) is 20.8 Å². The van der Waals surface area contributed by atoms with Gasteiger partial charge in [0.15, 0.2) is 0 Å². The van der Waals surface area contributed by atoms with Crippen LogP contribution >= 0.6 is 11.6 Å². The van der Waals surface area contributed by atoms with Gasteiger partial charge >= 0.3 is 12.1 Å². The first kappa shape index (κ1) is 28.0. The minimum Gasteiger partial charge on any atom is -0.481 e. The van der Waals surface area contributed by atoms with E-state index < -0.39 is 23.7 Å². The van der Waals surface area contributed by atoms with Crippen LogP contribution in [-0.4, -0.2) is 59.5 Å². The fraction of sp³-hybridized carbons (Fsp3) is 0.667. The van der Waals surface area contributed by atoms with Gasteiger partial charge in [-0.15, -0.1) is 11.6 Å². The molecule has 1 amide bonds. The Balaban J connectivity index is 3.01. The lowest BCUT2D eigenvalue weighted by Gasteiger charge is -2.32. The number of rotatable bonds is 12. The van der Waals surface area contributed by atoms with Crippen LogP contribution in [0.15, 0.2) is 18.2 Å². The van der Waals surface area contributed by atoms with Gasteiger partial charge in [-0.3, -0.25) is 4.79 Å². The standard InChI is InChI=1S/C24H39ClN2O5/c1-17-7-8-20(27(10-9-25)11-12-28)13-18(17)15-24(5,6)16-19(14-21(29)30)26-22(31)32-23(2,3)4/h7-8,13,19,28H,9-12,14-16H2,1-6H3,(H,26,31)(H,29,30)/t19-/m1/s1. The van der Waals surface area contributed by atoms with Crippen LogP contribution in [0, 0.1) is 12.3 Å². The van der Waals surface area contributed by atoms with Crippen molar-refractivity contribution < 1.29 is 24.5 Å². The summed E-state index contributed by atoms with van der Waals surface area (Å²) in [6.45, 7) is 12.6. The van der Waals surface area contributed by atoms with Gasteiger partial charge in [0.05, 0.1) is 13.0 Å². The van der Waals surface area contributed by atoms with Gasteiger partial charge < -0.3 is 25.2 Å². The number of aliphatic hydroxyl groups is 1. The van der Waals surface area contributed by atoms with Crippen LogP contribution in [0.2, 0.25) is 0 Å². The zero-order valence-electron chi connectivity index (χ0n) is 20.2. The summed E-state index contributed by atoms with van der Waals surface area (Å²) >= 11 is 5.92. The number of nitrogens with one attached hydrogen (secondary N) is 1. The molecule has 8 heteroatoms. The van der Waals surface area contributed by atoms with Crippen LogP contribution in [0.4, 0.5) is 10.5 Å². The van der Waals surface area contributed by atoms with E-state index >= 15 is 0 Å². The van der Waals surface area contributed by atoms with Crippen LogP contribution in [0.5, 0.6) is 0 Å². The largest absolute Gasteiger partial charge is 0.481 e. The summed E-state index contributed by atoms with van der Waals surface area (Å²) in [4.78, 5) is 25.7. The first-order valence-corrected chi connectivity index (χ1v) is 11.5. The molecule has 0 aliphatic rings. The predicted octanol–water partition coefficient (Wildman–Crippen LogP) is 4.36. The number of aliphatic hydroxyl groups excluding tert-OH is 1. The number of carbonyl (C=O) groups excluding carboxylic acids is 1. The Morgan fingerprint density at radius 1 is 1.19 bits per heavy atom. The van der Waals surface area contributed by atoms with Crippen molar-refractivity contribution in [1.82, 2.24) is 5.32 Å². The Hall–Kier alpha value is -1.99. The summed E-state index contributed by atoms with van der Waals surface area (Å²) in [5, 5.41) is 21.4. The number of carboxylic acids is 1. The molecule has 182 valence electrons. The number of alkyl halides is 1. The normalized spacial score (nSPS) is 12.9. The number of halogens is 1. The van der Waals surface area contributed by atoms with Crippen molar-refractivity contribution in [3.8, 4) is 0 Å². The minimum absolute atomic E-state index is 0.0405. The third kappa shape index (κ3) is 10.6. The monoisotopic (exact) mass is 470 g/mol. The van der Waals surface area contributed by atoms with E-state index in [0.717, 1.165) is 16.8 Å². The molecular formula is C24H39ClN2O5. The number of anilines is 1. The van der Waals surface area contributed by atoms with Crippen LogP contribution in [0.3, 0.4) is 0 Å². The maximum Gasteiger partial charge on any atom is 0.407 e. The molecule has 1 aromatic carbocycles. The van der Waals surface area contributed by atoms with Gasteiger partial charge in [0.1, 0.15) is 5.60 Å². The van der Waals surface area contributed by atoms with Crippen molar-refractivity contribution in [2.75, 3.05) is 30.5 Å². The summed E-state index contributed by atoms with van der Waals surface area (Å²) in [5.41, 5.74) is 2.31. The molecule has 0 unspecified atom stereocenters. The van der Waals surface area contributed by atoms with Gasteiger partial charge in [-0.1, -0.05) is 19.9 Å². The highest BCUT2D eigenvalue weighted by Gasteiger charge is 2.29. The minimum atomic E-state index is -0.972. The second-order valence-electron chi connectivity index (χ2n) is 10.00. The van der Waals surface area contributed by atoms with Gasteiger partial charge in [0, 0.05) is 30.7 Å². The molecule has 0 aromatic heterocycles. The second kappa shape index (κ2) is 12.3.